The molecule has 1 aromatic carbocycles. The maximum atomic E-state index is 10.1. The summed E-state index contributed by atoms with van der Waals surface area (Å²) in [6.45, 7) is 8.17. The zero-order chi connectivity index (χ0) is 12.3. The van der Waals surface area contributed by atoms with Crippen LogP contribution in [0.3, 0.4) is 0 Å². The molecule has 86 valence electrons. The van der Waals surface area contributed by atoms with Crippen LogP contribution >= 0.6 is 11.8 Å². The smallest absolute Gasteiger partial charge is 0.138 e. The number of aromatic hydroxyl groups is 1. The summed E-state index contributed by atoms with van der Waals surface area (Å²) in [4.78, 5) is 0.910. The van der Waals surface area contributed by atoms with Gasteiger partial charge in [-0.05, 0) is 46.9 Å². The molecule has 0 saturated heterocycles. The third-order valence-corrected chi connectivity index (χ3v) is 3.11. The van der Waals surface area contributed by atoms with Gasteiger partial charge in [-0.1, -0.05) is 27.7 Å². The second-order valence-electron chi connectivity index (χ2n) is 4.45. The number of hydrogen-bond acceptors (Lipinski definition) is 3. The number of nitrogens with zero attached hydrogens (tertiary/aromatic N) is 1. The highest BCUT2D eigenvalue weighted by Gasteiger charge is 2.15. The third-order valence-electron chi connectivity index (χ3n) is 2.55. The van der Waals surface area contributed by atoms with Crippen molar-refractivity contribution in [2.75, 3.05) is 0 Å². The minimum Gasteiger partial charge on any atom is -0.507 e. The molecule has 0 unspecified atom stereocenters. The Kier molecular flexibility index (Phi) is 4.26. The molecule has 1 rings (SSSR count). The SMILES string of the molecule is CC(C)c1cc(SC#N)cc(C(C)C)c1O. The number of hydrogen-bond donors (Lipinski definition) is 1. The van der Waals surface area contributed by atoms with E-state index in [-0.39, 0.29) is 11.8 Å². The van der Waals surface area contributed by atoms with E-state index in [1.54, 1.807) is 0 Å². The van der Waals surface area contributed by atoms with Crippen molar-refractivity contribution in [1.82, 2.24) is 0 Å². The van der Waals surface area contributed by atoms with Gasteiger partial charge < -0.3 is 5.11 Å². The molecule has 0 heterocycles. The van der Waals surface area contributed by atoms with Crippen LogP contribution in [0.1, 0.15) is 50.7 Å². The normalized spacial score (nSPS) is 10.8. The van der Waals surface area contributed by atoms with Gasteiger partial charge in [0.1, 0.15) is 11.2 Å². The predicted octanol–water partition coefficient (Wildman–Crippen LogP) is 4.21. The van der Waals surface area contributed by atoms with Crippen LogP contribution in [0.5, 0.6) is 5.75 Å². The summed E-state index contributed by atoms with van der Waals surface area (Å²) in [5.41, 5.74) is 1.84. The lowest BCUT2D eigenvalue weighted by Crippen LogP contribution is -1.96. The number of phenolic OH excluding ortho intramolecular Hbond substituents is 1. The zero-order valence-corrected chi connectivity index (χ0v) is 10.9. The van der Waals surface area contributed by atoms with E-state index in [1.165, 1.54) is 0 Å². The molecule has 0 saturated carbocycles. The fourth-order valence-electron chi connectivity index (χ4n) is 1.64. The maximum absolute atomic E-state index is 10.1. The first-order valence-corrected chi connectivity index (χ1v) is 6.21. The van der Waals surface area contributed by atoms with Crippen LogP contribution in [-0.4, -0.2) is 5.11 Å². The van der Waals surface area contributed by atoms with E-state index >= 15 is 0 Å². The van der Waals surface area contributed by atoms with Crippen LogP contribution in [-0.2, 0) is 0 Å². The van der Waals surface area contributed by atoms with E-state index in [2.05, 4.69) is 5.40 Å². The Balaban J connectivity index is 3.34. The highest BCUT2D eigenvalue weighted by Crippen LogP contribution is 2.37. The Labute approximate surface area is 101 Å². The van der Waals surface area contributed by atoms with Gasteiger partial charge in [0.05, 0.1) is 0 Å². The number of thioether (sulfide) groups is 1. The van der Waals surface area contributed by atoms with Crippen LogP contribution in [0.4, 0.5) is 0 Å². The van der Waals surface area contributed by atoms with Gasteiger partial charge in [-0.15, -0.1) is 0 Å². The van der Waals surface area contributed by atoms with Crippen molar-refractivity contribution in [2.24, 2.45) is 0 Å². The van der Waals surface area contributed by atoms with Gasteiger partial charge in [-0.3, -0.25) is 0 Å². The Morgan fingerprint density at radius 1 is 1.12 bits per heavy atom. The quantitative estimate of drug-likeness (QED) is 0.630. The standard InChI is InChI=1S/C13H17NOS/c1-8(2)11-5-10(16-7-14)6-12(9(3)4)13(11)15/h5-6,8-9,15H,1-4H3. The number of phenols is 1. The van der Waals surface area contributed by atoms with E-state index in [1.807, 2.05) is 39.8 Å². The van der Waals surface area contributed by atoms with Gasteiger partial charge >= 0.3 is 0 Å². The molecule has 0 atom stereocenters. The van der Waals surface area contributed by atoms with Gasteiger partial charge in [0, 0.05) is 4.90 Å². The Morgan fingerprint density at radius 3 is 1.88 bits per heavy atom. The van der Waals surface area contributed by atoms with Crippen molar-refractivity contribution in [1.29, 1.82) is 5.26 Å². The van der Waals surface area contributed by atoms with Crippen LogP contribution in [0.15, 0.2) is 17.0 Å². The van der Waals surface area contributed by atoms with E-state index in [0.717, 1.165) is 27.8 Å². The molecule has 2 nitrogen and oxygen atoms in total. The molecule has 0 radical (unpaired) electrons. The number of benzene rings is 1. The van der Waals surface area contributed by atoms with Crippen LogP contribution < -0.4 is 0 Å². The summed E-state index contributed by atoms with van der Waals surface area (Å²) in [5.74, 6) is 0.903. The summed E-state index contributed by atoms with van der Waals surface area (Å²) >= 11 is 1.14. The number of thiocyanates is 1. The minimum atomic E-state index is 0.261. The summed E-state index contributed by atoms with van der Waals surface area (Å²) in [6, 6.07) is 3.81. The topological polar surface area (TPSA) is 44.0 Å². The van der Waals surface area contributed by atoms with Crippen molar-refractivity contribution in [2.45, 2.75) is 44.4 Å². The number of nitriles is 1. The van der Waals surface area contributed by atoms with Crippen LogP contribution in [0.25, 0.3) is 0 Å². The van der Waals surface area contributed by atoms with Crippen molar-refractivity contribution >= 4 is 11.8 Å². The van der Waals surface area contributed by atoms with E-state index in [0.29, 0.717) is 5.75 Å². The van der Waals surface area contributed by atoms with Gasteiger partial charge in [-0.25, -0.2) is 0 Å². The number of rotatable bonds is 3. The average Bonchev–Trinajstić information content (AvgIpc) is 2.19. The summed E-state index contributed by atoms with van der Waals surface area (Å²) in [7, 11) is 0. The Bertz CT molecular complexity index is 389. The Morgan fingerprint density at radius 2 is 1.56 bits per heavy atom. The van der Waals surface area contributed by atoms with E-state index in [9.17, 15) is 5.11 Å². The molecule has 0 fully saturated rings. The first-order valence-electron chi connectivity index (χ1n) is 5.40. The molecule has 1 N–H and O–H groups in total. The van der Waals surface area contributed by atoms with Crippen molar-refractivity contribution in [3.63, 3.8) is 0 Å². The molecule has 0 aromatic heterocycles. The van der Waals surface area contributed by atoms with Gasteiger partial charge in [-0.2, -0.15) is 5.26 Å². The fourth-order valence-corrected chi connectivity index (χ4v) is 2.12. The molecule has 0 spiro atoms. The van der Waals surface area contributed by atoms with E-state index in [4.69, 9.17) is 5.26 Å². The first-order chi connectivity index (χ1) is 7.47. The van der Waals surface area contributed by atoms with Crippen LogP contribution in [0, 0.1) is 10.7 Å². The fraction of sp³-hybridized carbons (Fsp3) is 0.462. The largest absolute Gasteiger partial charge is 0.507 e. The summed E-state index contributed by atoms with van der Waals surface area (Å²) in [5, 5.41) is 20.9. The summed E-state index contributed by atoms with van der Waals surface area (Å²) < 4.78 is 0. The van der Waals surface area contributed by atoms with E-state index < -0.39 is 0 Å². The second-order valence-corrected chi connectivity index (χ2v) is 5.31. The first kappa shape index (κ1) is 12.9. The third kappa shape index (κ3) is 2.70. The molecular formula is C13H17NOS. The lowest BCUT2D eigenvalue weighted by molar-refractivity contribution is 0.453. The lowest BCUT2D eigenvalue weighted by Gasteiger charge is -2.16. The van der Waals surface area contributed by atoms with Gasteiger partial charge in [0.25, 0.3) is 0 Å². The predicted molar refractivity (Wildman–Crippen MR) is 67.8 cm³/mol. The Hall–Kier alpha value is -1.14. The van der Waals surface area contributed by atoms with Gasteiger partial charge in [0.2, 0.25) is 0 Å². The molecule has 0 aliphatic carbocycles. The second kappa shape index (κ2) is 5.27. The molecule has 0 aliphatic rings. The highest BCUT2D eigenvalue weighted by atomic mass is 32.2. The molecule has 16 heavy (non-hydrogen) atoms. The van der Waals surface area contributed by atoms with Crippen molar-refractivity contribution in [3.05, 3.63) is 23.3 Å². The highest BCUT2D eigenvalue weighted by molar-refractivity contribution is 8.03. The maximum Gasteiger partial charge on any atom is 0.138 e. The van der Waals surface area contributed by atoms with Crippen molar-refractivity contribution in [3.8, 4) is 11.2 Å². The molecule has 0 aliphatic heterocycles. The van der Waals surface area contributed by atoms with Gasteiger partial charge in [0.15, 0.2) is 0 Å². The van der Waals surface area contributed by atoms with Crippen molar-refractivity contribution < 1.29 is 5.11 Å². The summed E-state index contributed by atoms with van der Waals surface area (Å²) in [6.07, 6.45) is 0. The molecule has 0 bridgehead atoms. The minimum absolute atomic E-state index is 0.261. The molecule has 3 heteroatoms. The molecule has 1 aromatic rings. The molecular weight excluding hydrogens is 218 g/mol. The lowest BCUT2D eigenvalue weighted by atomic mass is 9.94. The average molecular weight is 235 g/mol. The van der Waals surface area contributed by atoms with Crippen LogP contribution in [0.2, 0.25) is 0 Å². The zero-order valence-electron chi connectivity index (χ0n) is 10.1. The monoisotopic (exact) mass is 235 g/mol. The molecule has 0 amide bonds.